The van der Waals surface area contributed by atoms with Crippen LogP contribution in [-0.4, -0.2) is 25.7 Å². The normalized spacial score (nSPS) is 11.5. The van der Waals surface area contributed by atoms with Gasteiger partial charge in [-0.3, -0.25) is 4.57 Å². The highest BCUT2D eigenvalue weighted by molar-refractivity contribution is 7.73. The number of rotatable bonds is 3. The second-order valence-corrected chi connectivity index (χ2v) is 7.01. The fourth-order valence-electron chi connectivity index (χ4n) is 1.86. The lowest BCUT2D eigenvalue weighted by Crippen LogP contribution is -2.00. The smallest absolute Gasteiger partial charge is 0.347 e. The van der Waals surface area contributed by atoms with Crippen LogP contribution in [0.3, 0.4) is 0 Å². The summed E-state index contributed by atoms with van der Waals surface area (Å²) in [4.78, 5) is 15.8. The lowest BCUT2D eigenvalue weighted by Gasteiger charge is -1.98. The summed E-state index contributed by atoms with van der Waals surface area (Å²) < 4.78 is 2.30. The van der Waals surface area contributed by atoms with Gasteiger partial charge in [0.1, 0.15) is 16.0 Å². The molecule has 0 saturated carbocycles. The van der Waals surface area contributed by atoms with E-state index in [1.165, 1.54) is 11.3 Å². The minimum Gasteiger partial charge on any atom is -0.493 e. The molecule has 23 heavy (non-hydrogen) atoms. The van der Waals surface area contributed by atoms with Crippen LogP contribution in [0, 0.1) is 15.3 Å². The first-order chi connectivity index (χ1) is 11.0. The van der Waals surface area contributed by atoms with Crippen molar-refractivity contribution >= 4 is 57.3 Å². The van der Waals surface area contributed by atoms with Crippen LogP contribution >= 0.6 is 34.9 Å². The van der Waals surface area contributed by atoms with Crippen molar-refractivity contribution in [2.24, 2.45) is 0 Å². The zero-order valence-electron chi connectivity index (χ0n) is 11.3. The van der Waals surface area contributed by atoms with Crippen LogP contribution in [-0.2, 0) is 4.79 Å². The Hall–Kier alpha value is -2.54. The predicted molar refractivity (Wildman–Crippen MR) is 90.9 cm³/mol. The van der Waals surface area contributed by atoms with Gasteiger partial charge in [0, 0.05) is 6.20 Å². The Kier molecular flexibility index (Phi) is 3.96. The summed E-state index contributed by atoms with van der Waals surface area (Å²) in [7, 11) is 0. The summed E-state index contributed by atoms with van der Waals surface area (Å²) in [5, 5.41) is 28.7. The number of carboxylic acids is 1. The highest BCUT2D eigenvalue weighted by Crippen LogP contribution is 2.40. The molecule has 0 saturated heterocycles. The molecule has 2 aromatic heterocycles. The van der Waals surface area contributed by atoms with Gasteiger partial charge < -0.3 is 10.2 Å². The molecule has 3 aromatic rings. The lowest BCUT2D eigenvalue weighted by molar-refractivity contribution is -0.132. The molecule has 0 aliphatic rings. The molecule has 0 unspecified atom stereocenters. The average Bonchev–Trinajstić information content (AvgIpc) is 3.06. The Morgan fingerprint density at radius 1 is 1.39 bits per heavy atom. The Bertz CT molecular complexity index is 1020. The maximum atomic E-state index is 10.9. The third-order valence-corrected chi connectivity index (χ3v) is 5.50. The first-order valence-corrected chi connectivity index (χ1v) is 8.21. The molecule has 0 aliphatic carbocycles. The number of thiazole rings is 2. The Morgan fingerprint density at radius 2 is 2.13 bits per heavy atom. The van der Waals surface area contributed by atoms with E-state index in [0.29, 0.717) is 9.88 Å². The summed E-state index contributed by atoms with van der Waals surface area (Å²) in [6.45, 7) is 0. The summed E-state index contributed by atoms with van der Waals surface area (Å²) in [5.41, 5.74) is 0.279. The van der Waals surface area contributed by atoms with Crippen molar-refractivity contribution in [2.75, 3.05) is 0 Å². The van der Waals surface area contributed by atoms with E-state index in [1.807, 2.05) is 24.3 Å². The molecule has 114 valence electrons. The van der Waals surface area contributed by atoms with E-state index in [0.717, 1.165) is 32.3 Å². The van der Waals surface area contributed by atoms with Crippen molar-refractivity contribution in [2.45, 2.75) is 0 Å². The number of para-hydroxylation sites is 1. The maximum Gasteiger partial charge on any atom is 0.347 e. The van der Waals surface area contributed by atoms with E-state index in [9.17, 15) is 9.90 Å². The highest BCUT2D eigenvalue weighted by Gasteiger charge is 2.18. The summed E-state index contributed by atoms with van der Waals surface area (Å²) >= 11 is 7.64. The number of hydrogen-bond donors (Lipinski definition) is 2. The van der Waals surface area contributed by atoms with E-state index in [2.05, 4.69) is 4.98 Å². The number of hydrogen-bond acceptors (Lipinski definition) is 7. The molecule has 0 amide bonds. The molecule has 2 heterocycles. The molecule has 2 N–H and O–H groups in total. The van der Waals surface area contributed by atoms with Gasteiger partial charge >= 0.3 is 5.97 Å². The largest absolute Gasteiger partial charge is 0.493 e. The second-order valence-electron chi connectivity index (χ2n) is 4.34. The lowest BCUT2D eigenvalue weighted by atomic mass is 10.3. The summed E-state index contributed by atoms with van der Waals surface area (Å²) in [5.74, 6) is -1.62. The van der Waals surface area contributed by atoms with Crippen LogP contribution in [0.1, 0.15) is 0 Å². The van der Waals surface area contributed by atoms with Crippen molar-refractivity contribution in [1.29, 1.82) is 5.26 Å². The molecule has 0 bridgehead atoms. The molecule has 6 nitrogen and oxygen atoms in total. The summed E-state index contributed by atoms with van der Waals surface area (Å²) in [6, 6.07) is 9.09. The van der Waals surface area contributed by atoms with Crippen molar-refractivity contribution in [3.05, 3.63) is 33.8 Å². The first kappa shape index (κ1) is 15.4. The number of benzene rings is 1. The van der Waals surface area contributed by atoms with Crippen LogP contribution < -0.4 is 0 Å². The van der Waals surface area contributed by atoms with E-state index in [1.54, 1.807) is 6.07 Å². The molecule has 0 radical (unpaired) electrons. The number of aromatic hydroxyl groups is 1. The van der Waals surface area contributed by atoms with Crippen molar-refractivity contribution in [1.82, 2.24) is 9.55 Å². The van der Waals surface area contributed by atoms with Gasteiger partial charge in [0.2, 0.25) is 5.88 Å². The molecule has 9 heteroatoms. The van der Waals surface area contributed by atoms with Gasteiger partial charge in [-0.15, -0.1) is 11.3 Å². The zero-order valence-corrected chi connectivity index (χ0v) is 13.7. The molecular weight excluding hydrogens is 354 g/mol. The third-order valence-electron chi connectivity index (χ3n) is 2.91. The monoisotopic (exact) mass is 361 g/mol. The minimum atomic E-state index is -1.39. The van der Waals surface area contributed by atoms with Crippen LogP contribution in [0.2, 0.25) is 0 Å². The Balaban J connectivity index is 2.16. The first-order valence-electron chi connectivity index (χ1n) is 6.16. The van der Waals surface area contributed by atoms with Gasteiger partial charge in [-0.05, 0) is 24.4 Å². The van der Waals surface area contributed by atoms with Gasteiger partial charge in [-0.25, -0.2) is 9.78 Å². The fraction of sp³-hybridized carbons (Fsp3) is 0. The molecule has 0 aliphatic heterocycles. The zero-order chi connectivity index (χ0) is 16.6. The number of aromatic nitrogens is 2. The summed E-state index contributed by atoms with van der Waals surface area (Å²) in [6.07, 6.45) is 1.01. The Labute approximate surface area is 142 Å². The van der Waals surface area contributed by atoms with Gasteiger partial charge in [0.15, 0.2) is 9.53 Å². The highest BCUT2D eigenvalue weighted by atomic mass is 32.1. The van der Waals surface area contributed by atoms with E-state index in [-0.39, 0.29) is 9.83 Å². The molecule has 0 atom stereocenters. The van der Waals surface area contributed by atoms with Gasteiger partial charge in [0.25, 0.3) is 0 Å². The van der Waals surface area contributed by atoms with Crippen LogP contribution in [0.5, 0.6) is 5.88 Å². The number of fused-ring (bicyclic) bond motifs is 1. The van der Waals surface area contributed by atoms with Gasteiger partial charge in [0.05, 0.1) is 10.2 Å². The second kappa shape index (κ2) is 5.92. The van der Waals surface area contributed by atoms with Crippen molar-refractivity contribution < 1.29 is 15.0 Å². The fourth-order valence-corrected chi connectivity index (χ4v) is 4.14. The average molecular weight is 361 g/mol. The van der Waals surface area contributed by atoms with E-state index in [4.69, 9.17) is 22.6 Å². The molecule has 1 aromatic carbocycles. The molecular formula is C14H7N3O3S3. The number of carboxylic acid groups (broad SMARTS) is 1. The SMILES string of the molecule is N#C/C(=C\n1c(O)c(-c2nc3ccccc3s2)sc1=S)C(=O)O. The van der Waals surface area contributed by atoms with Crippen molar-refractivity contribution in [3.8, 4) is 21.8 Å². The quantitative estimate of drug-likeness (QED) is 0.419. The Morgan fingerprint density at radius 3 is 2.78 bits per heavy atom. The van der Waals surface area contributed by atoms with Gasteiger partial charge in [-0.2, -0.15) is 5.26 Å². The number of aliphatic carboxylic acids is 1. The van der Waals surface area contributed by atoms with Crippen molar-refractivity contribution in [3.63, 3.8) is 0 Å². The van der Waals surface area contributed by atoms with E-state index < -0.39 is 11.5 Å². The van der Waals surface area contributed by atoms with Crippen LogP contribution in [0.25, 0.3) is 26.3 Å². The van der Waals surface area contributed by atoms with Crippen LogP contribution in [0.4, 0.5) is 0 Å². The standard InChI is InChI=1S/C14H7N3O3S3/c15-5-7(13(19)20)6-17-12(18)10(23-14(17)21)11-16-8-3-1-2-4-9(8)22-11/h1-4,6,18H,(H,19,20)/b7-6+. The number of nitrogens with zero attached hydrogens (tertiary/aromatic N) is 3. The molecule has 3 rings (SSSR count). The van der Waals surface area contributed by atoms with Gasteiger partial charge in [-0.1, -0.05) is 23.5 Å². The predicted octanol–water partition coefficient (Wildman–Crippen LogP) is 3.71. The topological polar surface area (TPSA) is 99.1 Å². The van der Waals surface area contributed by atoms with Crippen LogP contribution in [0.15, 0.2) is 29.8 Å². The number of nitriles is 1. The van der Waals surface area contributed by atoms with E-state index >= 15 is 0 Å². The molecule has 0 spiro atoms. The maximum absolute atomic E-state index is 10.9. The number of carbonyl (C=O) groups is 1. The molecule has 0 fully saturated rings. The minimum absolute atomic E-state index is 0.228. The third kappa shape index (κ3) is 2.75.